The molecular formula is C27H26N6O3S. The molecule has 0 saturated carbocycles. The molecule has 0 aliphatic rings. The second-order valence-corrected chi connectivity index (χ2v) is 10.0. The second-order valence-electron chi connectivity index (χ2n) is 9.15. The highest BCUT2D eigenvalue weighted by Crippen LogP contribution is 2.30. The number of carbonyl (C=O) groups is 1. The molecule has 188 valence electrons. The molecule has 5 rings (SSSR count). The number of carbonyl (C=O) groups excluding carboxylic acids is 1. The molecule has 0 spiro atoms. The van der Waals surface area contributed by atoms with Gasteiger partial charge in [-0.1, -0.05) is 30.3 Å². The van der Waals surface area contributed by atoms with E-state index >= 15 is 0 Å². The minimum absolute atomic E-state index is 0.241. The van der Waals surface area contributed by atoms with E-state index in [0.29, 0.717) is 34.9 Å². The third kappa shape index (κ3) is 5.50. The van der Waals surface area contributed by atoms with Gasteiger partial charge in [-0.15, -0.1) is 21.5 Å². The third-order valence-corrected chi connectivity index (χ3v) is 6.95. The monoisotopic (exact) mass is 514 g/mol. The summed E-state index contributed by atoms with van der Waals surface area (Å²) in [6.45, 7) is 5.67. The van der Waals surface area contributed by atoms with Gasteiger partial charge in [-0.2, -0.15) is 0 Å². The molecule has 0 saturated heterocycles. The topological polar surface area (TPSA) is 133 Å². The van der Waals surface area contributed by atoms with Crippen LogP contribution in [0, 0.1) is 6.92 Å². The second kappa shape index (κ2) is 10.1. The van der Waals surface area contributed by atoms with Gasteiger partial charge in [0.2, 0.25) is 17.7 Å². The number of nitrogens with two attached hydrogens (primary N) is 1. The summed E-state index contributed by atoms with van der Waals surface area (Å²) >= 11 is 1.51. The lowest BCUT2D eigenvalue weighted by Gasteiger charge is -2.20. The Labute approximate surface area is 217 Å². The zero-order valence-corrected chi connectivity index (χ0v) is 21.5. The highest BCUT2D eigenvalue weighted by molar-refractivity contribution is 7.09. The summed E-state index contributed by atoms with van der Waals surface area (Å²) in [5.41, 5.74) is 9.21. The van der Waals surface area contributed by atoms with Crippen molar-refractivity contribution in [1.82, 2.24) is 25.5 Å². The lowest BCUT2D eigenvalue weighted by Crippen LogP contribution is -2.35. The van der Waals surface area contributed by atoms with Crippen LogP contribution in [0.5, 0.6) is 0 Å². The molecule has 0 unspecified atom stereocenters. The Hall–Kier alpha value is -4.15. The maximum absolute atomic E-state index is 13.2. The molecule has 37 heavy (non-hydrogen) atoms. The summed E-state index contributed by atoms with van der Waals surface area (Å²) in [5, 5.41) is 14.3. The van der Waals surface area contributed by atoms with Gasteiger partial charge in [-0.25, -0.2) is 9.97 Å². The molecule has 0 radical (unpaired) electrons. The van der Waals surface area contributed by atoms with E-state index in [4.69, 9.17) is 14.6 Å². The maximum atomic E-state index is 13.2. The van der Waals surface area contributed by atoms with Crippen LogP contribution in [0.4, 0.5) is 0 Å². The highest BCUT2D eigenvalue weighted by Gasteiger charge is 2.29. The van der Waals surface area contributed by atoms with E-state index in [1.807, 2.05) is 56.5 Å². The number of hydrogen-bond acceptors (Lipinski definition) is 9. The predicted octanol–water partition coefficient (Wildman–Crippen LogP) is 5.06. The van der Waals surface area contributed by atoms with Crippen molar-refractivity contribution in [3.05, 3.63) is 94.1 Å². The van der Waals surface area contributed by atoms with E-state index in [9.17, 15) is 4.79 Å². The molecule has 0 aliphatic carbocycles. The summed E-state index contributed by atoms with van der Waals surface area (Å²) in [6.07, 6.45) is 3.54. The normalized spacial score (nSPS) is 13.7. The van der Waals surface area contributed by atoms with Gasteiger partial charge < -0.3 is 19.9 Å². The lowest BCUT2D eigenvalue weighted by molar-refractivity contribution is 0.0940. The van der Waals surface area contributed by atoms with Crippen molar-refractivity contribution >= 4 is 17.2 Å². The fraction of sp³-hybridized carbons (Fsp3) is 0.222. The lowest BCUT2D eigenvalue weighted by atomic mass is 9.94. The SMILES string of the molecule is Cc1csc([C@@H](C)NC(=O)c2cc(-c3ncco3)cc(-c3nnc([C@@](C)(N)Cc4ccccc4)o3)c2)n1. The van der Waals surface area contributed by atoms with E-state index in [-0.39, 0.29) is 17.8 Å². The number of thiazole rings is 1. The maximum Gasteiger partial charge on any atom is 0.251 e. The van der Waals surface area contributed by atoms with Crippen LogP contribution < -0.4 is 11.1 Å². The van der Waals surface area contributed by atoms with Gasteiger partial charge in [-0.05, 0) is 51.0 Å². The van der Waals surface area contributed by atoms with Gasteiger partial charge in [0.1, 0.15) is 11.3 Å². The average Bonchev–Trinajstić information content (AvgIpc) is 3.66. The highest BCUT2D eigenvalue weighted by atomic mass is 32.1. The van der Waals surface area contributed by atoms with Gasteiger partial charge in [0, 0.05) is 27.8 Å². The number of nitrogens with zero attached hydrogens (tertiary/aromatic N) is 4. The number of aryl methyl sites for hydroxylation is 1. The van der Waals surface area contributed by atoms with E-state index in [0.717, 1.165) is 16.3 Å². The molecule has 1 amide bonds. The Bertz CT molecular complexity index is 1510. The minimum Gasteiger partial charge on any atom is -0.445 e. The minimum atomic E-state index is -0.881. The zero-order valence-electron chi connectivity index (χ0n) is 20.6. The molecule has 3 aromatic heterocycles. The Balaban J connectivity index is 1.46. The van der Waals surface area contributed by atoms with Crippen molar-refractivity contribution in [2.24, 2.45) is 5.73 Å². The van der Waals surface area contributed by atoms with E-state index < -0.39 is 5.54 Å². The summed E-state index contributed by atoms with van der Waals surface area (Å²) in [5.74, 6) is 0.631. The van der Waals surface area contributed by atoms with Crippen LogP contribution in [0.1, 0.15) is 52.4 Å². The Kier molecular flexibility index (Phi) is 6.68. The molecule has 0 fully saturated rings. The Morgan fingerprint density at radius 3 is 2.57 bits per heavy atom. The van der Waals surface area contributed by atoms with Gasteiger partial charge in [-0.3, -0.25) is 4.79 Å². The summed E-state index contributed by atoms with van der Waals surface area (Å²) in [6, 6.07) is 14.8. The van der Waals surface area contributed by atoms with Crippen LogP contribution in [0.3, 0.4) is 0 Å². The molecule has 2 aromatic carbocycles. The first-order valence-electron chi connectivity index (χ1n) is 11.7. The van der Waals surface area contributed by atoms with Gasteiger partial charge in [0.25, 0.3) is 5.91 Å². The van der Waals surface area contributed by atoms with Gasteiger partial charge in [0.05, 0.1) is 17.8 Å². The van der Waals surface area contributed by atoms with Crippen molar-refractivity contribution in [1.29, 1.82) is 0 Å². The predicted molar refractivity (Wildman–Crippen MR) is 140 cm³/mol. The van der Waals surface area contributed by atoms with Crippen LogP contribution in [0.2, 0.25) is 0 Å². The summed E-state index contributed by atoms with van der Waals surface area (Å²) in [7, 11) is 0. The molecule has 3 N–H and O–H groups in total. The first kappa shape index (κ1) is 24.5. The fourth-order valence-electron chi connectivity index (χ4n) is 3.95. The van der Waals surface area contributed by atoms with Crippen molar-refractivity contribution in [3.63, 3.8) is 0 Å². The fourth-order valence-corrected chi connectivity index (χ4v) is 4.75. The molecular weight excluding hydrogens is 488 g/mol. The number of oxazole rings is 1. The van der Waals surface area contributed by atoms with Crippen molar-refractivity contribution in [2.45, 2.75) is 38.8 Å². The number of hydrogen-bond donors (Lipinski definition) is 2. The van der Waals surface area contributed by atoms with Gasteiger partial charge >= 0.3 is 0 Å². The van der Waals surface area contributed by atoms with Gasteiger partial charge in [0.15, 0.2) is 0 Å². The molecule has 9 nitrogen and oxygen atoms in total. The van der Waals surface area contributed by atoms with Crippen molar-refractivity contribution in [2.75, 3.05) is 0 Å². The molecule has 2 atom stereocenters. The third-order valence-electron chi connectivity index (χ3n) is 5.80. The van der Waals surface area contributed by atoms with Crippen molar-refractivity contribution in [3.8, 4) is 22.9 Å². The number of aromatic nitrogens is 4. The summed E-state index contributed by atoms with van der Waals surface area (Å²) < 4.78 is 11.5. The number of rotatable bonds is 8. The van der Waals surface area contributed by atoms with Crippen LogP contribution in [-0.4, -0.2) is 26.1 Å². The number of amides is 1. The molecule has 0 bridgehead atoms. The van der Waals surface area contributed by atoms with Crippen LogP contribution >= 0.6 is 11.3 Å². The smallest absolute Gasteiger partial charge is 0.251 e. The number of nitrogens with one attached hydrogen (secondary N) is 1. The van der Waals surface area contributed by atoms with Crippen LogP contribution in [-0.2, 0) is 12.0 Å². The molecule has 3 heterocycles. The van der Waals surface area contributed by atoms with E-state index in [1.165, 1.54) is 17.6 Å². The zero-order chi connectivity index (χ0) is 26.0. The quantitative estimate of drug-likeness (QED) is 0.293. The molecule has 10 heteroatoms. The first-order chi connectivity index (χ1) is 17.8. The largest absolute Gasteiger partial charge is 0.445 e. The van der Waals surface area contributed by atoms with Crippen molar-refractivity contribution < 1.29 is 13.6 Å². The van der Waals surface area contributed by atoms with E-state index in [2.05, 4.69) is 25.5 Å². The molecule has 0 aliphatic heterocycles. The molecule has 5 aromatic rings. The Morgan fingerprint density at radius 1 is 1.14 bits per heavy atom. The van der Waals surface area contributed by atoms with E-state index in [1.54, 1.807) is 24.4 Å². The van der Waals surface area contributed by atoms with Crippen LogP contribution in [0.15, 0.2) is 75.2 Å². The van der Waals surface area contributed by atoms with Crippen LogP contribution in [0.25, 0.3) is 22.9 Å². The first-order valence-corrected chi connectivity index (χ1v) is 12.6. The summed E-state index contributed by atoms with van der Waals surface area (Å²) in [4.78, 5) is 21.9. The average molecular weight is 515 g/mol. The Morgan fingerprint density at radius 2 is 1.89 bits per heavy atom. The standard InChI is InChI=1S/C27H26N6O3S/c1-16-15-37-25(30-16)17(2)31-22(34)19-11-20(23-29-9-10-35-23)13-21(12-19)24-32-33-26(36-24)27(3,28)14-18-7-5-4-6-8-18/h4-13,15,17H,14,28H2,1-3H3,(H,31,34)/t17-,27+/m1/s1. The number of benzene rings is 2.